The van der Waals surface area contributed by atoms with Crippen molar-refractivity contribution in [3.63, 3.8) is 0 Å². The second-order valence-corrected chi connectivity index (χ2v) is 9.56. The fourth-order valence-electron chi connectivity index (χ4n) is 4.69. The molecule has 4 rings (SSSR count). The highest BCUT2D eigenvalue weighted by Gasteiger charge is 2.46. The van der Waals surface area contributed by atoms with Gasteiger partial charge < -0.3 is 10.6 Å². The van der Waals surface area contributed by atoms with Crippen LogP contribution < -0.4 is 10.6 Å². The van der Waals surface area contributed by atoms with Crippen LogP contribution in [0.1, 0.15) is 43.7 Å². The highest BCUT2D eigenvalue weighted by Crippen LogP contribution is 2.48. The molecular weight excluding hydrogens is 392 g/mol. The molecule has 3 heteroatoms. The molecule has 1 saturated carbocycles. The molecule has 1 aliphatic rings. The number of hydrogen-bond donors (Lipinski definition) is 1. The minimum Gasteiger partial charge on any atom is -0.326 e. The number of carbonyl (C=O) groups excluding carboxylic acids is 1. The van der Waals surface area contributed by atoms with Gasteiger partial charge in [-0.1, -0.05) is 80.6 Å². The van der Waals surface area contributed by atoms with Crippen LogP contribution in [0.4, 0.5) is 5.69 Å². The smallest absolute Gasteiger partial charge is 0.230 e. The lowest BCUT2D eigenvalue weighted by Gasteiger charge is -2.27. The van der Waals surface area contributed by atoms with Crippen molar-refractivity contribution in [2.75, 3.05) is 11.4 Å². The topological polar surface area (TPSA) is 46.3 Å². The molecule has 0 radical (unpaired) electrons. The molecule has 0 unspecified atom stereocenters. The molecule has 0 aliphatic heterocycles. The quantitative estimate of drug-likeness (QED) is 0.468. The molecule has 3 atom stereocenters. The summed E-state index contributed by atoms with van der Waals surface area (Å²) in [5.74, 6) is 1.06. The van der Waals surface area contributed by atoms with Crippen LogP contribution in [-0.2, 0) is 4.79 Å². The van der Waals surface area contributed by atoms with Gasteiger partial charge in [0.2, 0.25) is 5.91 Å². The fraction of sp³-hybridized carbons (Fsp3) is 0.345. The Hall–Kier alpha value is -2.91. The van der Waals surface area contributed by atoms with E-state index in [9.17, 15) is 4.79 Å². The van der Waals surface area contributed by atoms with E-state index in [1.165, 1.54) is 22.3 Å². The van der Waals surface area contributed by atoms with Crippen LogP contribution >= 0.6 is 0 Å². The van der Waals surface area contributed by atoms with Crippen molar-refractivity contribution in [1.29, 1.82) is 0 Å². The van der Waals surface area contributed by atoms with Gasteiger partial charge in [-0.2, -0.15) is 0 Å². The number of amides is 1. The molecule has 3 aromatic carbocycles. The third kappa shape index (κ3) is 5.11. The predicted molar refractivity (Wildman–Crippen MR) is 134 cm³/mol. The van der Waals surface area contributed by atoms with Crippen LogP contribution in [0.15, 0.2) is 78.9 Å². The van der Waals surface area contributed by atoms with Gasteiger partial charge in [0.25, 0.3) is 0 Å². The normalized spacial score (nSPS) is 18.4. The number of anilines is 1. The monoisotopic (exact) mass is 426 g/mol. The number of nitrogens with two attached hydrogens (primary N) is 1. The maximum atomic E-state index is 13.6. The van der Waals surface area contributed by atoms with Gasteiger partial charge in [-0.15, -0.1) is 0 Å². The Morgan fingerprint density at radius 2 is 1.62 bits per heavy atom. The first-order valence-electron chi connectivity index (χ1n) is 11.7. The Bertz CT molecular complexity index is 1040. The summed E-state index contributed by atoms with van der Waals surface area (Å²) in [5, 5.41) is 0. The summed E-state index contributed by atoms with van der Waals surface area (Å²) in [6.45, 7) is 7.03. The molecule has 3 aromatic rings. The first-order chi connectivity index (χ1) is 15.4. The molecular formula is C29H34N2O. The summed E-state index contributed by atoms with van der Waals surface area (Å²) < 4.78 is 0. The van der Waals surface area contributed by atoms with E-state index in [1.807, 2.05) is 11.0 Å². The Labute approximate surface area is 192 Å². The summed E-state index contributed by atoms with van der Waals surface area (Å²) in [7, 11) is 0. The molecule has 0 aromatic heterocycles. The Balaban J connectivity index is 1.57. The number of rotatable bonds is 8. The van der Waals surface area contributed by atoms with Gasteiger partial charge in [0.1, 0.15) is 0 Å². The molecule has 0 bridgehead atoms. The molecule has 2 N–H and O–H groups in total. The van der Waals surface area contributed by atoms with Crippen LogP contribution in [0.3, 0.4) is 0 Å². The summed E-state index contributed by atoms with van der Waals surface area (Å²) in [5.41, 5.74) is 12.3. The fourth-order valence-corrected chi connectivity index (χ4v) is 4.69. The van der Waals surface area contributed by atoms with Crippen LogP contribution in [0, 0.1) is 18.8 Å². The van der Waals surface area contributed by atoms with Gasteiger partial charge in [-0.05, 0) is 66.0 Å². The lowest BCUT2D eigenvalue weighted by Crippen LogP contribution is -2.42. The molecule has 1 aliphatic carbocycles. The number of hydrogen-bond acceptors (Lipinski definition) is 2. The van der Waals surface area contributed by atoms with Crippen molar-refractivity contribution in [3.05, 3.63) is 90.0 Å². The third-order valence-electron chi connectivity index (χ3n) is 6.43. The maximum absolute atomic E-state index is 13.6. The van der Waals surface area contributed by atoms with Crippen molar-refractivity contribution in [3.8, 4) is 11.1 Å². The van der Waals surface area contributed by atoms with E-state index in [2.05, 4.69) is 93.6 Å². The van der Waals surface area contributed by atoms with Crippen LogP contribution in [0.2, 0.25) is 0 Å². The van der Waals surface area contributed by atoms with E-state index in [-0.39, 0.29) is 17.9 Å². The summed E-state index contributed by atoms with van der Waals surface area (Å²) in [4.78, 5) is 15.5. The zero-order valence-electron chi connectivity index (χ0n) is 19.4. The molecule has 1 amide bonds. The molecule has 0 saturated heterocycles. The highest BCUT2D eigenvalue weighted by atomic mass is 16.2. The van der Waals surface area contributed by atoms with E-state index < -0.39 is 0 Å². The summed E-state index contributed by atoms with van der Waals surface area (Å²) in [6.07, 6.45) is 1.82. The van der Waals surface area contributed by atoms with Crippen molar-refractivity contribution < 1.29 is 4.79 Å². The Morgan fingerprint density at radius 1 is 0.969 bits per heavy atom. The van der Waals surface area contributed by atoms with Gasteiger partial charge in [0.05, 0.1) is 0 Å². The molecule has 1 fully saturated rings. The van der Waals surface area contributed by atoms with E-state index >= 15 is 0 Å². The van der Waals surface area contributed by atoms with Crippen molar-refractivity contribution >= 4 is 11.6 Å². The third-order valence-corrected chi connectivity index (χ3v) is 6.43. The largest absolute Gasteiger partial charge is 0.326 e. The molecule has 32 heavy (non-hydrogen) atoms. The second-order valence-electron chi connectivity index (χ2n) is 9.56. The predicted octanol–water partition coefficient (Wildman–Crippen LogP) is 6.17. The molecule has 0 spiro atoms. The Morgan fingerprint density at radius 3 is 2.28 bits per heavy atom. The van der Waals surface area contributed by atoms with Gasteiger partial charge in [0, 0.05) is 24.2 Å². The highest BCUT2D eigenvalue weighted by molar-refractivity contribution is 5.97. The summed E-state index contributed by atoms with van der Waals surface area (Å²) >= 11 is 0. The van der Waals surface area contributed by atoms with E-state index in [1.54, 1.807) is 0 Å². The van der Waals surface area contributed by atoms with Gasteiger partial charge >= 0.3 is 0 Å². The standard InChI is InChI=1S/C29H34N2O/c1-20(2)17-24(30)19-31(29(32)28-18-27(28)22-10-5-4-6-11-22)25-15-13-23(14-16-25)26-12-8-7-9-21(26)3/h4-16,20,24,27-28H,17-19,30H2,1-3H3/t24-,27-,28+/m0/s1. The molecule has 0 heterocycles. The average Bonchev–Trinajstić information content (AvgIpc) is 3.59. The van der Waals surface area contributed by atoms with Gasteiger partial charge in [-0.25, -0.2) is 0 Å². The van der Waals surface area contributed by atoms with Crippen molar-refractivity contribution in [1.82, 2.24) is 0 Å². The molecule has 166 valence electrons. The zero-order chi connectivity index (χ0) is 22.7. The minimum absolute atomic E-state index is 0.0380. The van der Waals surface area contributed by atoms with Gasteiger partial charge in [-0.3, -0.25) is 4.79 Å². The Kier molecular flexibility index (Phi) is 6.76. The first kappa shape index (κ1) is 22.3. The van der Waals surface area contributed by atoms with Crippen molar-refractivity contribution in [2.45, 2.75) is 45.6 Å². The van der Waals surface area contributed by atoms with E-state index in [0.717, 1.165) is 18.5 Å². The zero-order valence-corrected chi connectivity index (χ0v) is 19.4. The average molecular weight is 427 g/mol. The summed E-state index contributed by atoms with van der Waals surface area (Å²) in [6, 6.07) is 27.1. The van der Waals surface area contributed by atoms with Gasteiger partial charge in [0.15, 0.2) is 0 Å². The number of carbonyl (C=O) groups is 1. The first-order valence-corrected chi connectivity index (χ1v) is 11.7. The van der Waals surface area contributed by atoms with Crippen LogP contribution in [0.25, 0.3) is 11.1 Å². The van der Waals surface area contributed by atoms with Crippen LogP contribution in [0.5, 0.6) is 0 Å². The number of aryl methyl sites for hydroxylation is 1. The van der Waals surface area contributed by atoms with E-state index in [0.29, 0.717) is 18.4 Å². The second kappa shape index (κ2) is 9.70. The number of nitrogens with zero attached hydrogens (tertiary/aromatic N) is 1. The van der Waals surface area contributed by atoms with Crippen LogP contribution in [-0.4, -0.2) is 18.5 Å². The van der Waals surface area contributed by atoms with Crippen molar-refractivity contribution in [2.24, 2.45) is 17.6 Å². The maximum Gasteiger partial charge on any atom is 0.230 e. The number of benzene rings is 3. The van der Waals surface area contributed by atoms with E-state index in [4.69, 9.17) is 5.73 Å². The lowest BCUT2D eigenvalue weighted by atomic mass is 10.00. The minimum atomic E-state index is -0.0380. The SMILES string of the molecule is Cc1ccccc1-c1ccc(N(C[C@@H](N)CC(C)C)C(=O)[C@@H]2C[C@H]2c2ccccc2)cc1. The lowest BCUT2D eigenvalue weighted by molar-refractivity contribution is -0.120. The molecule has 3 nitrogen and oxygen atoms in total.